The summed E-state index contributed by atoms with van der Waals surface area (Å²) in [4.78, 5) is 12.2. The second kappa shape index (κ2) is 6.86. The fraction of sp³-hybridized carbons (Fsp3) is 0.167. The third kappa shape index (κ3) is 3.80. The first kappa shape index (κ1) is 15.0. The minimum atomic E-state index is -0.897. The van der Waals surface area contributed by atoms with E-state index < -0.39 is 6.10 Å². The predicted octanol–water partition coefficient (Wildman–Crippen LogP) is 3.34. The quantitative estimate of drug-likeness (QED) is 0.827. The lowest BCUT2D eigenvalue weighted by atomic mass is 9.96. The van der Waals surface area contributed by atoms with Crippen molar-refractivity contribution in [2.75, 3.05) is 7.11 Å². The number of benzene rings is 2. The molecular weight excluding hydrogens is 264 g/mol. The zero-order valence-electron chi connectivity index (χ0n) is 12.0. The van der Waals surface area contributed by atoms with Crippen molar-refractivity contribution in [3.05, 3.63) is 72.3 Å². The summed E-state index contributed by atoms with van der Waals surface area (Å²) in [6.07, 6.45) is -0.896. The van der Waals surface area contributed by atoms with Gasteiger partial charge < -0.3 is 9.84 Å². The van der Waals surface area contributed by atoms with E-state index in [1.54, 1.807) is 31.4 Å². The first-order valence-electron chi connectivity index (χ1n) is 6.71. The molecule has 1 unspecified atom stereocenters. The number of ether oxygens (including phenoxy) is 1. The standard InChI is InChI=1S/C18H18O3/c1-13(14-7-4-3-5-8-14)17(19)12-18(20)15-9-6-10-16(11-15)21-2/h3-11,17,19H,1,12H2,2H3. The molecule has 2 aromatic rings. The van der Waals surface area contributed by atoms with E-state index in [1.807, 2.05) is 30.3 Å². The minimum absolute atomic E-state index is 0.000888. The van der Waals surface area contributed by atoms with Crippen LogP contribution in [0.1, 0.15) is 22.3 Å². The summed E-state index contributed by atoms with van der Waals surface area (Å²) in [5, 5.41) is 10.2. The van der Waals surface area contributed by atoms with Crippen molar-refractivity contribution >= 4 is 11.4 Å². The highest BCUT2D eigenvalue weighted by atomic mass is 16.5. The Morgan fingerprint density at radius 3 is 2.48 bits per heavy atom. The molecule has 0 aliphatic heterocycles. The lowest BCUT2D eigenvalue weighted by Gasteiger charge is -2.13. The van der Waals surface area contributed by atoms with Crippen LogP contribution in [0.5, 0.6) is 5.75 Å². The van der Waals surface area contributed by atoms with Gasteiger partial charge in [-0.2, -0.15) is 0 Å². The number of carbonyl (C=O) groups is 1. The Morgan fingerprint density at radius 2 is 1.81 bits per heavy atom. The molecule has 0 heterocycles. The van der Waals surface area contributed by atoms with E-state index in [0.717, 1.165) is 5.56 Å². The molecule has 2 rings (SSSR count). The van der Waals surface area contributed by atoms with Crippen LogP contribution in [0.25, 0.3) is 5.57 Å². The highest BCUT2D eigenvalue weighted by Gasteiger charge is 2.17. The van der Waals surface area contributed by atoms with Crippen molar-refractivity contribution in [3.8, 4) is 5.75 Å². The molecule has 21 heavy (non-hydrogen) atoms. The highest BCUT2D eigenvalue weighted by Crippen LogP contribution is 2.21. The van der Waals surface area contributed by atoms with Crippen LogP contribution in [-0.4, -0.2) is 24.1 Å². The number of Topliss-reactive ketones (excluding diaryl/α,β-unsaturated/α-hetero) is 1. The molecule has 108 valence electrons. The Kier molecular flexibility index (Phi) is 4.90. The molecule has 0 aliphatic carbocycles. The Hall–Kier alpha value is -2.39. The Balaban J connectivity index is 2.06. The average molecular weight is 282 g/mol. The molecule has 0 saturated carbocycles. The lowest BCUT2D eigenvalue weighted by Crippen LogP contribution is -2.15. The molecule has 0 radical (unpaired) electrons. The second-order valence-corrected chi connectivity index (χ2v) is 4.77. The van der Waals surface area contributed by atoms with E-state index in [4.69, 9.17) is 4.74 Å². The summed E-state index contributed by atoms with van der Waals surface area (Å²) < 4.78 is 5.09. The zero-order valence-corrected chi connectivity index (χ0v) is 12.0. The van der Waals surface area contributed by atoms with E-state index in [1.165, 1.54) is 0 Å². The van der Waals surface area contributed by atoms with E-state index in [0.29, 0.717) is 16.9 Å². The molecular formula is C18H18O3. The summed E-state index contributed by atoms with van der Waals surface area (Å²) in [6.45, 7) is 3.88. The van der Waals surface area contributed by atoms with Crippen LogP contribution in [0, 0.1) is 0 Å². The lowest BCUT2D eigenvalue weighted by molar-refractivity contribution is 0.0928. The smallest absolute Gasteiger partial charge is 0.165 e. The number of aliphatic hydroxyl groups excluding tert-OH is 1. The number of carbonyl (C=O) groups excluding carboxylic acids is 1. The van der Waals surface area contributed by atoms with Crippen molar-refractivity contribution in [2.24, 2.45) is 0 Å². The van der Waals surface area contributed by atoms with Gasteiger partial charge in [-0.05, 0) is 23.3 Å². The first-order chi connectivity index (χ1) is 10.1. The predicted molar refractivity (Wildman–Crippen MR) is 83.4 cm³/mol. The normalized spacial score (nSPS) is 11.7. The summed E-state index contributed by atoms with van der Waals surface area (Å²) in [5.41, 5.74) is 1.91. The van der Waals surface area contributed by atoms with Crippen LogP contribution in [0.2, 0.25) is 0 Å². The highest BCUT2D eigenvalue weighted by molar-refractivity contribution is 5.97. The van der Waals surface area contributed by atoms with Gasteiger partial charge in [0.15, 0.2) is 5.78 Å². The SMILES string of the molecule is C=C(c1ccccc1)C(O)CC(=O)c1cccc(OC)c1. The molecule has 1 atom stereocenters. The average Bonchev–Trinajstić information content (AvgIpc) is 2.54. The maximum absolute atomic E-state index is 12.2. The largest absolute Gasteiger partial charge is 0.497 e. The Bertz CT molecular complexity index is 632. The van der Waals surface area contributed by atoms with Crippen molar-refractivity contribution in [1.82, 2.24) is 0 Å². The molecule has 0 bridgehead atoms. The van der Waals surface area contributed by atoms with Gasteiger partial charge in [-0.1, -0.05) is 49.0 Å². The van der Waals surface area contributed by atoms with Crippen molar-refractivity contribution < 1.29 is 14.6 Å². The van der Waals surface area contributed by atoms with Crippen LogP contribution in [0.3, 0.4) is 0 Å². The van der Waals surface area contributed by atoms with Gasteiger partial charge in [0.2, 0.25) is 0 Å². The van der Waals surface area contributed by atoms with Crippen molar-refractivity contribution in [3.63, 3.8) is 0 Å². The van der Waals surface area contributed by atoms with Gasteiger partial charge in [-0.15, -0.1) is 0 Å². The van der Waals surface area contributed by atoms with Gasteiger partial charge in [0.05, 0.1) is 13.2 Å². The maximum Gasteiger partial charge on any atom is 0.165 e. The molecule has 0 saturated heterocycles. The van der Waals surface area contributed by atoms with E-state index in [9.17, 15) is 9.90 Å². The third-order valence-electron chi connectivity index (χ3n) is 3.32. The summed E-state index contributed by atoms with van der Waals surface area (Å²) in [5.74, 6) is 0.482. The number of hydrogen-bond donors (Lipinski definition) is 1. The molecule has 0 aliphatic rings. The summed E-state index contributed by atoms with van der Waals surface area (Å²) >= 11 is 0. The first-order valence-corrected chi connectivity index (χ1v) is 6.71. The van der Waals surface area contributed by atoms with Crippen LogP contribution < -0.4 is 4.74 Å². The maximum atomic E-state index is 12.2. The topological polar surface area (TPSA) is 46.5 Å². The molecule has 2 aromatic carbocycles. The molecule has 0 spiro atoms. The van der Waals surface area contributed by atoms with E-state index >= 15 is 0 Å². The molecule has 0 aromatic heterocycles. The van der Waals surface area contributed by atoms with Crippen LogP contribution in [-0.2, 0) is 0 Å². The number of rotatable bonds is 6. The summed E-state index contributed by atoms with van der Waals surface area (Å²) in [6, 6.07) is 16.3. The molecule has 0 fully saturated rings. The fourth-order valence-corrected chi connectivity index (χ4v) is 2.06. The monoisotopic (exact) mass is 282 g/mol. The number of hydrogen-bond acceptors (Lipinski definition) is 3. The number of methoxy groups -OCH3 is 1. The van der Waals surface area contributed by atoms with Gasteiger partial charge >= 0.3 is 0 Å². The van der Waals surface area contributed by atoms with E-state index in [-0.39, 0.29) is 12.2 Å². The fourth-order valence-electron chi connectivity index (χ4n) is 2.06. The van der Waals surface area contributed by atoms with E-state index in [2.05, 4.69) is 6.58 Å². The van der Waals surface area contributed by atoms with Gasteiger partial charge in [-0.3, -0.25) is 4.79 Å². The zero-order chi connectivity index (χ0) is 15.2. The molecule has 3 heteroatoms. The van der Waals surface area contributed by atoms with Crippen LogP contribution >= 0.6 is 0 Å². The third-order valence-corrected chi connectivity index (χ3v) is 3.32. The van der Waals surface area contributed by atoms with Crippen LogP contribution in [0.15, 0.2) is 61.2 Å². The second-order valence-electron chi connectivity index (χ2n) is 4.77. The Labute approximate surface area is 124 Å². The van der Waals surface area contributed by atoms with Crippen LogP contribution in [0.4, 0.5) is 0 Å². The van der Waals surface area contributed by atoms with Gasteiger partial charge in [0.25, 0.3) is 0 Å². The molecule has 0 amide bonds. The van der Waals surface area contributed by atoms with Gasteiger partial charge in [0.1, 0.15) is 5.75 Å². The van der Waals surface area contributed by atoms with Gasteiger partial charge in [0, 0.05) is 12.0 Å². The van der Waals surface area contributed by atoms with Crippen molar-refractivity contribution in [2.45, 2.75) is 12.5 Å². The van der Waals surface area contributed by atoms with Crippen molar-refractivity contribution in [1.29, 1.82) is 0 Å². The molecule has 1 N–H and O–H groups in total. The van der Waals surface area contributed by atoms with Gasteiger partial charge in [-0.25, -0.2) is 0 Å². The molecule has 3 nitrogen and oxygen atoms in total. The Morgan fingerprint density at radius 1 is 1.14 bits per heavy atom. The number of ketones is 1. The minimum Gasteiger partial charge on any atom is -0.497 e. The number of aliphatic hydroxyl groups is 1. The summed E-state index contributed by atoms with van der Waals surface area (Å²) in [7, 11) is 1.55.